The number of halogens is 2. The molecule has 1 amide bonds. The molecule has 0 bridgehead atoms. The molecule has 3 aromatic rings. The molecule has 0 radical (unpaired) electrons. The molecule has 0 aliphatic heterocycles. The molecule has 0 spiro atoms. The van der Waals surface area contributed by atoms with E-state index in [1.807, 2.05) is 19.1 Å². The van der Waals surface area contributed by atoms with E-state index in [0.717, 1.165) is 0 Å². The van der Waals surface area contributed by atoms with Crippen LogP contribution in [0.2, 0.25) is 5.02 Å². The number of carbonyl (C=O) groups is 1. The number of aliphatic hydroxyl groups is 1. The fourth-order valence-corrected chi connectivity index (χ4v) is 3.96. The van der Waals surface area contributed by atoms with Crippen LogP contribution in [0.25, 0.3) is 0 Å². The van der Waals surface area contributed by atoms with E-state index in [1.165, 1.54) is 6.21 Å². The molecule has 0 fully saturated rings. The zero-order valence-electron chi connectivity index (χ0n) is 16.2. The molecule has 0 unspecified atom stereocenters. The summed E-state index contributed by atoms with van der Waals surface area (Å²) in [6.45, 7) is 2.35. The molecule has 3 aromatic carbocycles. The molecule has 0 atom stereocenters. The molecule has 0 heterocycles. The summed E-state index contributed by atoms with van der Waals surface area (Å²) in [4.78, 5) is 13.0. The number of carbonyl (C=O) groups excluding carboxylic acids is 1. The van der Waals surface area contributed by atoms with Gasteiger partial charge in [0.2, 0.25) is 0 Å². The number of amides is 1. The van der Waals surface area contributed by atoms with Crippen molar-refractivity contribution in [3.8, 4) is 5.75 Å². The molecule has 0 saturated carbocycles. The highest BCUT2D eigenvalue weighted by atomic mass is 79.9. The summed E-state index contributed by atoms with van der Waals surface area (Å²) in [6, 6.07) is 20.9. The lowest BCUT2D eigenvalue weighted by atomic mass is 9.85. The molecule has 0 saturated heterocycles. The van der Waals surface area contributed by atoms with Gasteiger partial charge in [-0.05, 0) is 51.7 Å². The van der Waals surface area contributed by atoms with Crippen molar-refractivity contribution in [2.75, 3.05) is 6.61 Å². The highest BCUT2D eigenvalue weighted by Gasteiger charge is 2.39. The number of nitrogens with zero attached hydrogens (tertiary/aromatic N) is 1. The zero-order chi connectivity index (χ0) is 21.6. The number of hydrazone groups is 1. The Hall–Kier alpha value is -2.67. The minimum absolute atomic E-state index is 0.420. The van der Waals surface area contributed by atoms with Crippen molar-refractivity contribution in [2.45, 2.75) is 12.5 Å². The van der Waals surface area contributed by atoms with Crippen LogP contribution in [0.15, 0.2) is 82.4 Å². The average molecular weight is 488 g/mol. The Morgan fingerprint density at radius 2 is 1.70 bits per heavy atom. The van der Waals surface area contributed by atoms with E-state index in [-0.39, 0.29) is 0 Å². The number of hydrogen-bond acceptors (Lipinski definition) is 4. The summed E-state index contributed by atoms with van der Waals surface area (Å²) in [5.74, 6) is -0.130. The Morgan fingerprint density at radius 1 is 1.13 bits per heavy atom. The summed E-state index contributed by atoms with van der Waals surface area (Å²) in [7, 11) is 0. The summed E-state index contributed by atoms with van der Waals surface area (Å²) < 4.78 is 6.16. The van der Waals surface area contributed by atoms with Gasteiger partial charge in [-0.1, -0.05) is 72.3 Å². The Kier molecular flexibility index (Phi) is 7.26. The topological polar surface area (TPSA) is 70.9 Å². The first-order valence-electron chi connectivity index (χ1n) is 9.25. The van der Waals surface area contributed by atoms with Crippen LogP contribution in [-0.2, 0) is 10.4 Å². The number of hydrogen-bond donors (Lipinski definition) is 2. The third-order valence-electron chi connectivity index (χ3n) is 4.40. The largest absolute Gasteiger partial charge is 0.491 e. The molecule has 0 aliphatic carbocycles. The molecule has 0 aromatic heterocycles. The van der Waals surface area contributed by atoms with Gasteiger partial charge in [0.25, 0.3) is 5.91 Å². The number of rotatable bonds is 7. The average Bonchev–Trinajstić information content (AvgIpc) is 2.77. The van der Waals surface area contributed by atoms with Gasteiger partial charge in [0, 0.05) is 0 Å². The fraction of sp³-hybridized carbons (Fsp3) is 0.130. The first-order chi connectivity index (χ1) is 14.5. The standard InChI is InChI=1S/C23H20BrClN2O3/c1-2-30-21-19(24)13-16(14-20(21)25)15-26-27-22(28)23(29,17-9-5-3-6-10-17)18-11-7-4-8-12-18/h3-15,29H,2H2,1H3,(H,27,28)/b26-15+. The summed E-state index contributed by atoms with van der Waals surface area (Å²) >= 11 is 9.66. The number of benzene rings is 3. The van der Waals surface area contributed by atoms with E-state index in [9.17, 15) is 9.90 Å². The van der Waals surface area contributed by atoms with Crippen LogP contribution in [0, 0.1) is 0 Å². The van der Waals surface area contributed by atoms with Crippen LogP contribution in [0.4, 0.5) is 0 Å². The van der Waals surface area contributed by atoms with E-state index >= 15 is 0 Å². The van der Waals surface area contributed by atoms with E-state index in [4.69, 9.17) is 16.3 Å². The molecule has 5 nitrogen and oxygen atoms in total. The maximum atomic E-state index is 13.0. The second-order valence-corrected chi connectivity index (χ2v) is 7.65. The maximum absolute atomic E-state index is 13.0. The molecular formula is C23H20BrClN2O3. The number of ether oxygens (including phenoxy) is 1. The van der Waals surface area contributed by atoms with Crippen LogP contribution in [0.3, 0.4) is 0 Å². The predicted octanol–water partition coefficient (Wildman–Crippen LogP) is 4.89. The van der Waals surface area contributed by atoms with Gasteiger partial charge in [-0.3, -0.25) is 4.79 Å². The first-order valence-corrected chi connectivity index (χ1v) is 10.4. The minimum Gasteiger partial charge on any atom is -0.491 e. The maximum Gasteiger partial charge on any atom is 0.281 e. The van der Waals surface area contributed by atoms with Gasteiger partial charge in [-0.25, -0.2) is 5.43 Å². The Labute approximate surface area is 188 Å². The van der Waals surface area contributed by atoms with Crippen molar-refractivity contribution in [2.24, 2.45) is 5.10 Å². The second-order valence-electron chi connectivity index (χ2n) is 6.39. The quantitative estimate of drug-likeness (QED) is 0.368. The zero-order valence-corrected chi connectivity index (χ0v) is 18.5. The van der Waals surface area contributed by atoms with Crippen LogP contribution in [0.5, 0.6) is 5.75 Å². The van der Waals surface area contributed by atoms with Gasteiger partial charge in [-0.15, -0.1) is 0 Å². The predicted molar refractivity (Wildman–Crippen MR) is 122 cm³/mol. The van der Waals surface area contributed by atoms with Gasteiger partial charge < -0.3 is 9.84 Å². The van der Waals surface area contributed by atoms with Crippen molar-refractivity contribution in [1.82, 2.24) is 5.43 Å². The lowest BCUT2D eigenvalue weighted by Gasteiger charge is -2.27. The minimum atomic E-state index is -1.89. The van der Waals surface area contributed by atoms with Crippen LogP contribution < -0.4 is 10.2 Å². The Morgan fingerprint density at radius 3 is 2.20 bits per heavy atom. The molecule has 0 aliphatic rings. The molecule has 154 valence electrons. The molecular weight excluding hydrogens is 468 g/mol. The van der Waals surface area contributed by atoms with Crippen LogP contribution in [0.1, 0.15) is 23.6 Å². The first kappa shape index (κ1) is 22.0. The van der Waals surface area contributed by atoms with Crippen LogP contribution in [-0.4, -0.2) is 23.8 Å². The van der Waals surface area contributed by atoms with Gasteiger partial charge in [0.1, 0.15) is 0 Å². The highest BCUT2D eigenvalue weighted by Crippen LogP contribution is 2.34. The van der Waals surface area contributed by atoms with Gasteiger partial charge in [0.05, 0.1) is 22.3 Å². The lowest BCUT2D eigenvalue weighted by Crippen LogP contribution is -2.43. The molecule has 2 N–H and O–H groups in total. The van der Waals surface area contributed by atoms with Crippen molar-refractivity contribution >= 4 is 39.7 Å². The van der Waals surface area contributed by atoms with E-state index in [1.54, 1.807) is 60.7 Å². The van der Waals surface area contributed by atoms with Crippen molar-refractivity contribution in [3.63, 3.8) is 0 Å². The van der Waals surface area contributed by atoms with Gasteiger partial charge in [-0.2, -0.15) is 5.10 Å². The van der Waals surface area contributed by atoms with Crippen LogP contribution >= 0.6 is 27.5 Å². The fourth-order valence-electron chi connectivity index (χ4n) is 2.97. The van der Waals surface area contributed by atoms with E-state index in [0.29, 0.717) is 38.5 Å². The summed E-state index contributed by atoms with van der Waals surface area (Å²) in [6.07, 6.45) is 1.45. The molecule has 3 rings (SSSR count). The van der Waals surface area contributed by atoms with Crippen molar-refractivity contribution in [3.05, 3.63) is 99.0 Å². The summed E-state index contributed by atoms with van der Waals surface area (Å²) in [5, 5.41) is 15.8. The van der Waals surface area contributed by atoms with E-state index in [2.05, 4.69) is 26.5 Å². The van der Waals surface area contributed by atoms with E-state index < -0.39 is 11.5 Å². The molecule has 7 heteroatoms. The second kappa shape index (κ2) is 9.89. The highest BCUT2D eigenvalue weighted by molar-refractivity contribution is 9.10. The third kappa shape index (κ3) is 4.73. The smallest absolute Gasteiger partial charge is 0.281 e. The third-order valence-corrected chi connectivity index (χ3v) is 5.27. The Bertz CT molecular complexity index is 980. The Balaban J connectivity index is 1.86. The lowest BCUT2D eigenvalue weighted by molar-refractivity contribution is -0.136. The number of nitrogens with one attached hydrogen (secondary N) is 1. The monoisotopic (exact) mass is 486 g/mol. The normalized spacial score (nSPS) is 11.5. The van der Waals surface area contributed by atoms with Crippen molar-refractivity contribution in [1.29, 1.82) is 0 Å². The van der Waals surface area contributed by atoms with Gasteiger partial charge in [0.15, 0.2) is 11.4 Å². The SMILES string of the molecule is CCOc1c(Cl)cc(/C=N/NC(=O)C(O)(c2ccccc2)c2ccccc2)cc1Br. The van der Waals surface area contributed by atoms with Gasteiger partial charge >= 0.3 is 0 Å². The van der Waals surface area contributed by atoms with Crippen molar-refractivity contribution < 1.29 is 14.6 Å². The molecule has 30 heavy (non-hydrogen) atoms. The summed E-state index contributed by atoms with van der Waals surface area (Å²) in [5.41, 5.74) is 2.08.